The van der Waals surface area contributed by atoms with Gasteiger partial charge in [-0.25, -0.2) is 0 Å². The molecule has 0 aliphatic carbocycles. The molecule has 1 heterocycles. The second-order valence-electron chi connectivity index (χ2n) is 6.88. The molecular formula is C19H29ClN2O3. The zero-order chi connectivity index (χ0) is 18.4. The van der Waals surface area contributed by atoms with E-state index in [9.17, 15) is 4.79 Å². The van der Waals surface area contributed by atoms with E-state index in [0.717, 1.165) is 48.2 Å². The summed E-state index contributed by atoms with van der Waals surface area (Å²) in [4.78, 5) is 14.5. The van der Waals surface area contributed by atoms with Gasteiger partial charge in [0.2, 0.25) is 0 Å². The van der Waals surface area contributed by atoms with Crippen molar-refractivity contribution in [2.45, 2.75) is 39.7 Å². The number of nitrogens with one attached hydrogen (secondary N) is 1. The Labute approximate surface area is 155 Å². The number of hydrogen-bond donors (Lipinski definition) is 1. The predicted octanol–water partition coefficient (Wildman–Crippen LogP) is 2.99. The number of amides is 1. The molecule has 5 nitrogen and oxygen atoms in total. The molecule has 1 fully saturated rings. The average Bonchev–Trinajstić information content (AvgIpc) is 2.60. The lowest BCUT2D eigenvalue weighted by Crippen LogP contribution is -2.47. The molecule has 140 valence electrons. The fraction of sp³-hybridized carbons (Fsp3) is 0.632. The van der Waals surface area contributed by atoms with Crippen molar-refractivity contribution in [1.82, 2.24) is 10.2 Å². The smallest absolute Gasteiger partial charge is 0.257 e. The third-order valence-corrected chi connectivity index (χ3v) is 4.94. The molecule has 2 rings (SSSR count). The summed E-state index contributed by atoms with van der Waals surface area (Å²) in [6, 6.07) is 4.12. The van der Waals surface area contributed by atoms with Gasteiger partial charge in [-0.3, -0.25) is 9.69 Å². The Morgan fingerprint density at radius 3 is 2.64 bits per heavy atom. The highest BCUT2D eigenvalue weighted by atomic mass is 35.5. The molecule has 1 aliphatic rings. The number of benzene rings is 1. The Bertz CT molecular complexity index is 586. The van der Waals surface area contributed by atoms with Gasteiger partial charge in [0.25, 0.3) is 5.91 Å². The lowest BCUT2D eigenvalue weighted by atomic mass is 10.0. The number of carbonyl (C=O) groups excluding carboxylic acids is 1. The minimum Gasteiger partial charge on any atom is -0.483 e. The maximum Gasteiger partial charge on any atom is 0.257 e. The molecule has 0 radical (unpaired) electrons. The van der Waals surface area contributed by atoms with Gasteiger partial charge in [0.1, 0.15) is 5.75 Å². The van der Waals surface area contributed by atoms with Gasteiger partial charge >= 0.3 is 0 Å². The van der Waals surface area contributed by atoms with Crippen molar-refractivity contribution in [2.24, 2.45) is 0 Å². The van der Waals surface area contributed by atoms with Crippen LogP contribution in [0.1, 0.15) is 37.8 Å². The summed E-state index contributed by atoms with van der Waals surface area (Å²) in [5.41, 5.74) is 1.97. The first-order chi connectivity index (χ1) is 11.9. The van der Waals surface area contributed by atoms with Gasteiger partial charge in [0.15, 0.2) is 6.61 Å². The molecule has 1 aliphatic heterocycles. The SMILES string of the molecule is Cc1cc(OCC(=O)NCC(C)N2CCOCC2)c(C(C)C)cc1Cl. The van der Waals surface area contributed by atoms with E-state index in [1.165, 1.54) is 0 Å². The van der Waals surface area contributed by atoms with E-state index in [4.69, 9.17) is 21.1 Å². The van der Waals surface area contributed by atoms with Crippen LogP contribution in [-0.4, -0.2) is 56.3 Å². The van der Waals surface area contributed by atoms with Gasteiger partial charge in [0, 0.05) is 30.7 Å². The summed E-state index contributed by atoms with van der Waals surface area (Å²) in [5, 5.41) is 3.67. The van der Waals surface area contributed by atoms with E-state index in [-0.39, 0.29) is 24.5 Å². The molecule has 0 spiro atoms. The molecule has 1 atom stereocenters. The van der Waals surface area contributed by atoms with Crippen LogP contribution in [-0.2, 0) is 9.53 Å². The molecular weight excluding hydrogens is 340 g/mol. The Balaban J connectivity index is 1.84. The average molecular weight is 369 g/mol. The molecule has 1 saturated heterocycles. The topological polar surface area (TPSA) is 50.8 Å². The highest BCUT2D eigenvalue weighted by Gasteiger charge is 2.18. The number of halogens is 1. The first kappa shape index (κ1) is 20.0. The van der Waals surface area contributed by atoms with Crippen LogP contribution in [0.5, 0.6) is 5.75 Å². The van der Waals surface area contributed by atoms with Crippen molar-refractivity contribution in [3.63, 3.8) is 0 Å². The van der Waals surface area contributed by atoms with Gasteiger partial charge in [-0.05, 0) is 43.0 Å². The van der Waals surface area contributed by atoms with Crippen molar-refractivity contribution in [3.8, 4) is 5.75 Å². The third kappa shape index (κ3) is 5.87. The molecule has 1 amide bonds. The Morgan fingerprint density at radius 2 is 2.00 bits per heavy atom. The van der Waals surface area contributed by atoms with Gasteiger partial charge in [-0.1, -0.05) is 25.4 Å². The van der Waals surface area contributed by atoms with Crippen LogP contribution in [0.3, 0.4) is 0 Å². The molecule has 0 saturated carbocycles. The number of ether oxygens (including phenoxy) is 2. The molecule has 1 aromatic rings. The second-order valence-corrected chi connectivity index (χ2v) is 7.29. The molecule has 0 aromatic heterocycles. The largest absolute Gasteiger partial charge is 0.483 e. The monoisotopic (exact) mass is 368 g/mol. The summed E-state index contributed by atoms with van der Waals surface area (Å²) in [5.74, 6) is 0.896. The summed E-state index contributed by atoms with van der Waals surface area (Å²) in [6.07, 6.45) is 0. The van der Waals surface area contributed by atoms with E-state index in [1.807, 2.05) is 19.1 Å². The van der Waals surface area contributed by atoms with E-state index in [1.54, 1.807) is 0 Å². The number of aryl methyl sites for hydroxylation is 1. The van der Waals surface area contributed by atoms with Crippen molar-refractivity contribution < 1.29 is 14.3 Å². The lowest BCUT2D eigenvalue weighted by Gasteiger charge is -2.32. The van der Waals surface area contributed by atoms with Crippen molar-refractivity contribution in [2.75, 3.05) is 39.5 Å². The standard InChI is InChI=1S/C19H29ClN2O3/c1-13(2)16-10-17(20)14(3)9-18(16)25-12-19(23)21-11-15(4)22-5-7-24-8-6-22/h9-10,13,15H,5-8,11-12H2,1-4H3,(H,21,23). The van der Waals surface area contributed by atoms with Gasteiger partial charge in [-0.2, -0.15) is 0 Å². The van der Waals surface area contributed by atoms with Crippen molar-refractivity contribution in [3.05, 3.63) is 28.3 Å². The van der Waals surface area contributed by atoms with Crippen LogP contribution in [0.2, 0.25) is 5.02 Å². The van der Waals surface area contributed by atoms with Crippen molar-refractivity contribution >= 4 is 17.5 Å². The zero-order valence-corrected chi connectivity index (χ0v) is 16.4. The van der Waals surface area contributed by atoms with E-state index < -0.39 is 0 Å². The Kier molecular flexibility index (Phi) is 7.54. The molecule has 6 heteroatoms. The predicted molar refractivity (Wildman–Crippen MR) is 101 cm³/mol. The van der Waals surface area contributed by atoms with Crippen LogP contribution >= 0.6 is 11.6 Å². The number of morpholine rings is 1. The van der Waals surface area contributed by atoms with E-state index in [2.05, 4.69) is 31.0 Å². The van der Waals surface area contributed by atoms with Crippen LogP contribution in [0.4, 0.5) is 0 Å². The van der Waals surface area contributed by atoms with Crippen LogP contribution in [0, 0.1) is 6.92 Å². The maximum absolute atomic E-state index is 12.1. The highest BCUT2D eigenvalue weighted by molar-refractivity contribution is 6.31. The second kappa shape index (κ2) is 9.41. The minimum atomic E-state index is -0.109. The number of rotatable bonds is 7. The maximum atomic E-state index is 12.1. The number of nitrogens with zero attached hydrogens (tertiary/aromatic N) is 1. The first-order valence-electron chi connectivity index (χ1n) is 8.89. The van der Waals surface area contributed by atoms with Crippen LogP contribution < -0.4 is 10.1 Å². The summed E-state index contributed by atoms with van der Waals surface area (Å²) in [7, 11) is 0. The number of carbonyl (C=O) groups is 1. The molecule has 1 aromatic carbocycles. The lowest BCUT2D eigenvalue weighted by molar-refractivity contribution is -0.123. The van der Waals surface area contributed by atoms with Gasteiger partial charge in [0.05, 0.1) is 13.2 Å². The zero-order valence-electron chi connectivity index (χ0n) is 15.6. The van der Waals surface area contributed by atoms with Gasteiger partial charge < -0.3 is 14.8 Å². The first-order valence-corrected chi connectivity index (χ1v) is 9.27. The normalized spacial score (nSPS) is 16.7. The highest BCUT2D eigenvalue weighted by Crippen LogP contribution is 2.31. The molecule has 1 N–H and O–H groups in total. The summed E-state index contributed by atoms with van der Waals surface area (Å²) in [6.45, 7) is 12.2. The molecule has 0 bridgehead atoms. The Morgan fingerprint density at radius 1 is 1.32 bits per heavy atom. The van der Waals surface area contributed by atoms with Crippen LogP contribution in [0.25, 0.3) is 0 Å². The fourth-order valence-corrected chi connectivity index (χ4v) is 3.02. The van der Waals surface area contributed by atoms with Gasteiger partial charge in [-0.15, -0.1) is 0 Å². The third-order valence-electron chi connectivity index (χ3n) is 4.54. The fourth-order valence-electron chi connectivity index (χ4n) is 2.85. The summed E-state index contributed by atoms with van der Waals surface area (Å²) >= 11 is 6.20. The molecule has 1 unspecified atom stereocenters. The Hall–Kier alpha value is -1.30. The quantitative estimate of drug-likeness (QED) is 0.803. The molecule has 25 heavy (non-hydrogen) atoms. The number of hydrogen-bond acceptors (Lipinski definition) is 4. The van der Waals surface area contributed by atoms with E-state index in [0.29, 0.717) is 6.54 Å². The van der Waals surface area contributed by atoms with Crippen molar-refractivity contribution in [1.29, 1.82) is 0 Å². The van der Waals surface area contributed by atoms with E-state index >= 15 is 0 Å². The van der Waals surface area contributed by atoms with Crippen LogP contribution in [0.15, 0.2) is 12.1 Å². The summed E-state index contributed by atoms with van der Waals surface area (Å²) < 4.78 is 11.1. The minimum absolute atomic E-state index is 0.0105.